The van der Waals surface area contributed by atoms with Crippen LogP contribution in [0.1, 0.15) is 10.4 Å². The van der Waals surface area contributed by atoms with Gasteiger partial charge in [-0.3, -0.25) is 4.79 Å². The molecule has 0 aliphatic carbocycles. The minimum atomic E-state index is -1.46. The van der Waals surface area contributed by atoms with E-state index in [9.17, 15) is 9.59 Å². The average Bonchev–Trinajstić information content (AvgIpc) is 2.43. The van der Waals surface area contributed by atoms with Crippen LogP contribution in [-0.4, -0.2) is 16.9 Å². The molecule has 1 heterocycles. The molecule has 5 heteroatoms. The van der Waals surface area contributed by atoms with E-state index in [1.165, 1.54) is 17.8 Å². The Balaban J connectivity index is 2.11. The van der Waals surface area contributed by atoms with Gasteiger partial charge in [0.1, 0.15) is 11.5 Å². The molecule has 0 unspecified atom stereocenters. The monoisotopic (exact) mass is 272 g/mol. The van der Waals surface area contributed by atoms with E-state index in [4.69, 9.17) is 9.84 Å². The Kier molecular flexibility index (Phi) is 2.76. The highest BCUT2D eigenvalue weighted by Crippen LogP contribution is 2.48. The summed E-state index contributed by atoms with van der Waals surface area (Å²) >= 11 is 1.35. The van der Waals surface area contributed by atoms with Gasteiger partial charge in [0.25, 0.3) is 5.78 Å². The number of ketones is 1. The van der Waals surface area contributed by atoms with Gasteiger partial charge in [-0.2, -0.15) is 0 Å². The molecule has 94 valence electrons. The SMILES string of the molecule is O=C(O)C(=O)c1cccc2c1Sc1ccccc1O2. The molecule has 0 aromatic heterocycles. The molecule has 0 radical (unpaired) electrons. The maximum absolute atomic E-state index is 11.7. The summed E-state index contributed by atoms with van der Waals surface area (Å²) in [5, 5.41) is 8.83. The van der Waals surface area contributed by atoms with Crippen molar-refractivity contribution in [3.8, 4) is 11.5 Å². The van der Waals surface area contributed by atoms with E-state index in [2.05, 4.69) is 0 Å². The number of carboxylic acids is 1. The summed E-state index contributed by atoms with van der Waals surface area (Å²) in [6, 6.07) is 12.3. The number of carbonyl (C=O) groups excluding carboxylic acids is 1. The van der Waals surface area contributed by atoms with Crippen LogP contribution in [0.3, 0.4) is 0 Å². The molecule has 0 atom stereocenters. The van der Waals surface area contributed by atoms with Crippen LogP contribution in [0.15, 0.2) is 52.3 Å². The molecule has 1 aliphatic rings. The van der Waals surface area contributed by atoms with E-state index < -0.39 is 11.8 Å². The van der Waals surface area contributed by atoms with Gasteiger partial charge in [-0.05, 0) is 24.3 Å². The fourth-order valence-electron chi connectivity index (χ4n) is 1.84. The Labute approximate surface area is 113 Å². The minimum Gasteiger partial charge on any atom is -0.475 e. The number of hydrogen-bond acceptors (Lipinski definition) is 4. The third kappa shape index (κ3) is 1.98. The van der Waals surface area contributed by atoms with E-state index in [-0.39, 0.29) is 5.56 Å². The highest BCUT2D eigenvalue weighted by Gasteiger charge is 2.25. The van der Waals surface area contributed by atoms with Crippen LogP contribution >= 0.6 is 11.8 Å². The lowest BCUT2D eigenvalue weighted by Crippen LogP contribution is -2.14. The summed E-state index contributed by atoms with van der Waals surface area (Å²) in [6.07, 6.45) is 0. The molecule has 0 saturated carbocycles. The van der Waals surface area contributed by atoms with E-state index in [1.54, 1.807) is 12.1 Å². The van der Waals surface area contributed by atoms with E-state index in [0.29, 0.717) is 16.4 Å². The second kappa shape index (κ2) is 4.44. The third-order valence-electron chi connectivity index (χ3n) is 2.70. The molecule has 0 spiro atoms. The molecule has 0 fully saturated rings. The van der Waals surface area contributed by atoms with Crippen molar-refractivity contribution in [1.82, 2.24) is 0 Å². The van der Waals surface area contributed by atoms with E-state index in [1.807, 2.05) is 24.3 Å². The largest absolute Gasteiger partial charge is 0.475 e. The number of para-hydroxylation sites is 1. The Morgan fingerprint density at radius 3 is 2.53 bits per heavy atom. The van der Waals surface area contributed by atoms with Gasteiger partial charge in [0.05, 0.1) is 9.79 Å². The van der Waals surface area contributed by atoms with Crippen molar-refractivity contribution >= 4 is 23.5 Å². The molecular formula is C14H8O4S. The molecule has 0 saturated heterocycles. The first-order valence-corrected chi connectivity index (χ1v) is 6.34. The van der Waals surface area contributed by atoms with Crippen molar-refractivity contribution in [1.29, 1.82) is 0 Å². The second-order valence-electron chi connectivity index (χ2n) is 3.92. The average molecular weight is 272 g/mol. The zero-order chi connectivity index (χ0) is 13.4. The molecule has 3 rings (SSSR count). The number of rotatable bonds is 2. The number of aliphatic carboxylic acids is 1. The highest BCUT2D eigenvalue weighted by molar-refractivity contribution is 7.99. The van der Waals surface area contributed by atoms with Crippen molar-refractivity contribution < 1.29 is 19.4 Å². The molecule has 2 aromatic carbocycles. The maximum Gasteiger partial charge on any atom is 0.377 e. The lowest BCUT2D eigenvalue weighted by atomic mass is 10.1. The van der Waals surface area contributed by atoms with Crippen molar-refractivity contribution in [2.24, 2.45) is 0 Å². The summed E-state index contributed by atoms with van der Waals surface area (Å²) in [6.45, 7) is 0. The zero-order valence-corrected chi connectivity index (χ0v) is 10.4. The lowest BCUT2D eigenvalue weighted by molar-refractivity contribution is -0.131. The van der Waals surface area contributed by atoms with Crippen LogP contribution in [0.4, 0.5) is 0 Å². The third-order valence-corrected chi connectivity index (χ3v) is 3.88. The summed E-state index contributed by atoms with van der Waals surface area (Å²) in [5.74, 6) is -1.17. The first-order valence-electron chi connectivity index (χ1n) is 5.52. The molecule has 4 nitrogen and oxygen atoms in total. The molecule has 0 amide bonds. The van der Waals surface area contributed by atoms with Gasteiger partial charge < -0.3 is 9.84 Å². The highest BCUT2D eigenvalue weighted by atomic mass is 32.2. The standard InChI is InChI=1S/C14H8O4S/c15-12(14(16)17)8-4-3-6-10-13(8)19-11-7-2-1-5-9(11)18-10/h1-7H,(H,16,17). The van der Waals surface area contributed by atoms with Crippen molar-refractivity contribution in [3.05, 3.63) is 48.0 Å². The number of carboxylic acid groups (broad SMARTS) is 1. The van der Waals surface area contributed by atoms with Crippen LogP contribution in [0, 0.1) is 0 Å². The van der Waals surface area contributed by atoms with Gasteiger partial charge in [-0.25, -0.2) is 4.79 Å². The quantitative estimate of drug-likeness (QED) is 0.573. The molecule has 1 aliphatic heterocycles. The predicted molar refractivity (Wildman–Crippen MR) is 69.0 cm³/mol. The van der Waals surface area contributed by atoms with Crippen molar-refractivity contribution in [3.63, 3.8) is 0 Å². The smallest absolute Gasteiger partial charge is 0.377 e. The van der Waals surface area contributed by atoms with Crippen LogP contribution < -0.4 is 4.74 Å². The van der Waals surface area contributed by atoms with E-state index >= 15 is 0 Å². The van der Waals surface area contributed by atoms with Crippen LogP contribution in [0.5, 0.6) is 11.5 Å². The Hall–Kier alpha value is -2.27. The van der Waals surface area contributed by atoms with Crippen LogP contribution in [0.2, 0.25) is 0 Å². The normalized spacial score (nSPS) is 12.0. The first-order chi connectivity index (χ1) is 9.16. The van der Waals surface area contributed by atoms with Crippen LogP contribution in [-0.2, 0) is 4.79 Å². The first kappa shape index (κ1) is 11.8. The fraction of sp³-hybridized carbons (Fsp3) is 0. The summed E-state index contributed by atoms with van der Waals surface area (Å²) in [7, 11) is 0. The Bertz CT molecular complexity index is 694. The molecule has 2 aromatic rings. The van der Waals surface area contributed by atoms with Crippen molar-refractivity contribution in [2.75, 3.05) is 0 Å². The number of ether oxygens (including phenoxy) is 1. The predicted octanol–water partition coefficient (Wildman–Crippen LogP) is 3.21. The number of benzene rings is 2. The molecular weight excluding hydrogens is 264 g/mol. The fourth-order valence-corrected chi connectivity index (χ4v) is 2.90. The number of carbonyl (C=O) groups is 2. The summed E-state index contributed by atoms with van der Waals surface area (Å²) in [5.41, 5.74) is 0.157. The van der Waals surface area contributed by atoms with Gasteiger partial charge in [-0.15, -0.1) is 0 Å². The van der Waals surface area contributed by atoms with Gasteiger partial charge in [0, 0.05) is 5.56 Å². The van der Waals surface area contributed by atoms with Gasteiger partial charge >= 0.3 is 5.97 Å². The zero-order valence-electron chi connectivity index (χ0n) is 9.62. The lowest BCUT2D eigenvalue weighted by Gasteiger charge is -2.20. The van der Waals surface area contributed by atoms with Crippen molar-refractivity contribution in [2.45, 2.75) is 9.79 Å². The van der Waals surface area contributed by atoms with E-state index in [0.717, 1.165) is 4.90 Å². The number of hydrogen-bond donors (Lipinski definition) is 1. The van der Waals surface area contributed by atoms with Gasteiger partial charge in [0.2, 0.25) is 0 Å². The summed E-state index contributed by atoms with van der Waals surface area (Å²) < 4.78 is 5.68. The molecule has 0 bridgehead atoms. The topological polar surface area (TPSA) is 63.6 Å². The van der Waals surface area contributed by atoms with Gasteiger partial charge in [-0.1, -0.05) is 30.0 Å². The Morgan fingerprint density at radius 1 is 1.00 bits per heavy atom. The molecule has 19 heavy (non-hydrogen) atoms. The van der Waals surface area contributed by atoms with Crippen LogP contribution in [0.25, 0.3) is 0 Å². The summed E-state index contributed by atoms with van der Waals surface area (Å²) in [4.78, 5) is 23.9. The second-order valence-corrected chi connectivity index (χ2v) is 4.97. The maximum atomic E-state index is 11.7. The Morgan fingerprint density at radius 2 is 1.74 bits per heavy atom. The molecule has 1 N–H and O–H groups in total. The van der Waals surface area contributed by atoms with Gasteiger partial charge in [0.15, 0.2) is 0 Å². The number of fused-ring (bicyclic) bond motifs is 2. The minimum absolute atomic E-state index is 0.157. The number of Topliss-reactive ketones (excluding diaryl/α,β-unsaturated/α-hetero) is 1.